The number of methoxy groups -OCH3 is 1. The number of allylic oxidation sites excluding steroid dienone is 1. The summed E-state index contributed by atoms with van der Waals surface area (Å²) in [5.74, 6) is 0.713. The lowest BCUT2D eigenvalue weighted by molar-refractivity contribution is 0.0132. The van der Waals surface area contributed by atoms with E-state index in [1.165, 1.54) is 11.1 Å². The minimum absolute atomic E-state index is 0.0281. The second-order valence-corrected chi connectivity index (χ2v) is 16.4. The number of benzene rings is 2. The topological polar surface area (TPSA) is 124 Å². The first kappa shape index (κ1) is 34.6. The third kappa shape index (κ3) is 7.15. The van der Waals surface area contributed by atoms with Gasteiger partial charge < -0.3 is 19.1 Å². The lowest BCUT2D eigenvalue weighted by Gasteiger charge is -2.46. The van der Waals surface area contributed by atoms with Crippen LogP contribution < -0.4 is 14.4 Å². The molecule has 5 atom stereocenters. The third-order valence-corrected chi connectivity index (χ3v) is 12.8. The average Bonchev–Trinajstić information content (AvgIpc) is 3.43. The van der Waals surface area contributed by atoms with Gasteiger partial charge in [0, 0.05) is 49.4 Å². The van der Waals surface area contributed by atoms with Crippen LogP contribution in [0.5, 0.6) is 5.75 Å². The summed E-state index contributed by atoms with van der Waals surface area (Å²) in [6.07, 6.45) is 10.9. The van der Waals surface area contributed by atoms with Gasteiger partial charge in [-0.3, -0.25) is 9.48 Å². The van der Waals surface area contributed by atoms with Gasteiger partial charge in [-0.05, 0) is 104 Å². The van der Waals surface area contributed by atoms with Crippen molar-refractivity contribution in [1.29, 1.82) is 0 Å². The van der Waals surface area contributed by atoms with Crippen LogP contribution in [0.2, 0.25) is 5.02 Å². The molecule has 2 aliphatic heterocycles. The Morgan fingerprint density at radius 1 is 1.18 bits per heavy atom. The number of aryl methyl sites for hydroxylation is 2. The van der Waals surface area contributed by atoms with Gasteiger partial charge in [-0.2, -0.15) is 5.10 Å². The Morgan fingerprint density at radius 3 is 2.84 bits per heavy atom. The molecule has 1 spiro atoms. The predicted molar refractivity (Wildman–Crippen MR) is 192 cm³/mol. The molecule has 0 radical (unpaired) electrons. The van der Waals surface area contributed by atoms with Crippen LogP contribution in [0.3, 0.4) is 0 Å². The Bertz CT molecular complexity index is 1920. The largest absolute Gasteiger partial charge is 0.490 e. The van der Waals surface area contributed by atoms with E-state index in [1.807, 2.05) is 18.2 Å². The Balaban J connectivity index is 1.24. The van der Waals surface area contributed by atoms with Crippen molar-refractivity contribution in [2.75, 3.05) is 37.5 Å². The van der Waals surface area contributed by atoms with E-state index in [0.717, 1.165) is 49.4 Å². The Kier molecular flexibility index (Phi) is 9.96. The predicted octanol–water partition coefficient (Wildman–Crippen LogP) is 6.39. The zero-order chi connectivity index (χ0) is 34.9. The summed E-state index contributed by atoms with van der Waals surface area (Å²) in [5, 5.41) is 4.81. The summed E-state index contributed by atoms with van der Waals surface area (Å²) >= 11 is 6.44. The molecular formula is C37H44ClN5O6S. The summed E-state index contributed by atoms with van der Waals surface area (Å²) in [6, 6.07) is 13.2. The van der Waals surface area contributed by atoms with E-state index in [4.69, 9.17) is 25.8 Å². The second kappa shape index (κ2) is 14.4. The molecule has 11 nitrogen and oxygen atoms in total. The number of amides is 2. The number of nitrogens with one attached hydrogen (secondary N) is 1. The summed E-state index contributed by atoms with van der Waals surface area (Å²) in [7, 11) is -0.0528. The van der Waals surface area contributed by atoms with Crippen LogP contribution in [-0.2, 0) is 44.9 Å². The highest BCUT2D eigenvalue weighted by atomic mass is 35.5. The van der Waals surface area contributed by atoms with E-state index in [2.05, 4.69) is 37.3 Å². The molecule has 3 heterocycles. The van der Waals surface area contributed by atoms with Gasteiger partial charge in [0.15, 0.2) is 0 Å². The van der Waals surface area contributed by atoms with Crippen molar-refractivity contribution in [1.82, 2.24) is 14.5 Å². The Labute approximate surface area is 298 Å². The van der Waals surface area contributed by atoms with Gasteiger partial charge in [0.25, 0.3) is 5.91 Å². The highest BCUT2D eigenvalue weighted by Crippen LogP contribution is 2.47. The van der Waals surface area contributed by atoms with E-state index in [-0.39, 0.29) is 29.4 Å². The number of carbonyl (C=O) groups excluding carboxylic acids is 2. The normalized spacial score (nSPS) is 28.6. The maximum atomic E-state index is 14.2. The molecule has 50 heavy (non-hydrogen) atoms. The molecule has 0 saturated heterocycles. The number of rotatable bonds is 4. The average molecular weight is 722 g/mol. The molecule has 13 heteroatoms. The fourth-order valence-electron chi connectivity index (χ4n) is 7.96. The summed E-state index contributed by atoms with van der Waals surface area (Å²) < 4.78 is 40.3. The van der Waals surface area contributed by atoms with Crippen molar-refractivity contribution in [3.05, 3.63) is 88.2 Å². The molecule has 1 aromatic heterocycles. The van der Waals surface area contributed by atoms with Gasteiger partial charge in [0.05, 0.1) is 29.8 Å². The van der Waals surface area contributed by atoms with Gasteiger partial charge in [-0.25, -0.2) is 13.7 Å². The quantitative estimate of drug-likeness (QED) is 0.308. The van der Waals surface area contributed by atoms with Gasteiger partial charge >= 0.3 is 6.09 Å². The fourth-order valence-corrected chi connectivity index (χ4v) is 9.64. The first-order valence-corrected chi connectivity index (χ1v) is 19.4. The van der Waals surface area contributed by atoms with Crippen molar-refractivity contribution in [2.24, 2.45) is 23.2 Å². The number of fused-ring (bicyclic) bond motifs is 4. The smallest absolute Gasteiger partial charge is 0.420 e. The van der Waals surface area contributed by atoms with Crippen molar-refractivity contribution >= 4 is 39.2 Å². The van der Waals surface area contributed by atoms with E-state index in [1.54, 1.807) is 43.2 Å². The molecule has 266 valence electrons. The number of nitrogens with zero attached hydrogens (tertiary/aromatic N) is 4. The van der Waals surface area contributed by atoms with Crippen LogP contribution in [0.1, 0.15) is 65.7 Å². The molecule has 2 bridgehead atoms. The zero-order valence-electron chi connectivity index (χ0n) is 28.5. The third-order valence-electron chi connectivity index (χ3n) is 10.8. The Morgan fingerprint density at radius 2 is 2.06 bits per heavy atom. The number of hydrogen-bond acceptors (Lipinski definition) is 8. The van der Waals surface area contributed by atoms with E-state index >= 15 is 0 Å². The van der Waals surface area contributed by atoms with Crippen molar-refractivity contribution < 1.29 is 28.0 Å². The minimum Gasteiger partial charge on any atom is -0.490 e. The van der Waals surface area contributed by atoms with Crippen molar-refractivity contribution in [3.63, 3.8) is 0 Å². The molecule has 1 unspecified atom stereocenters. The lowest BCUT2D eigenvalue weighted by Crippen LogP contribution is -2.49. The number of ether oxygens (including phenoxy) is 3. The zero-order valence-corrected chi connectivity index (χ0v) is 30.1. The molecule has 1 saturated carbocycles. The SMILES string of the molecule is CO[C@H]1/C=C\CCCS(=O)(NC(=O)OCc2ccnn2C)=NC(=O)c2ccc3c(c2)N(C[C@@H]2CC[C@H]21)C[C@@]1(CCCc2cc(Cl)ccc21)CO3. The van der Waals surface area contributed by atoms with E-state index < -0.39 is 21.9 Å². The monoisotopic (exact) mass is 721 g/mol. The lowest BCUT2D eigenvalue weighted by atomic mass is 9.68. The van der Waals surface area contributed by atoms with Gasteiger partial charge in [-0.1, -0.05) is 29.8 Å². The number of halogens is 1. The second-order valence-electron chi connectivity index (χ2n) is 13.9. The van der Waals surface area contributed by atoms with Crippen molar-refractivity contribution in [2.45, 2.75) is 63.1 Å². The van der Waals surface area contributed by atoms with Gasteiger partial charge in [0.2, 0.25) is 0 Å². The number of hydrogen-bond donors (Lipinski definition) is 1. The molecular weight excluding hydrogens is 678 g/mol. The number of aromatic nitrogens is 2. The molecule has 2 aromatic carbocycles. The first-order chi connectivity index (χ1) is 24.1. The number of carbonyl (C=O) groups is 2. The Hall–Kier alpha value is -3.87. The molecule has 1 N–H and O–H groups in total. The molecule has 4 aliphatic rings. The molecule has 3 aromatic rings. The van der Waals surface area contributed by atoms with Crippen LogP contribution >= 0.6 is 11.6 Å². The van der Waals surface area contributed by atoms with Crippen LogP contribution in [0.15, 0.2) is 65.2 Å². The molecule has 7 rings (SSSR count). The van der Waals surface area contributed by atoms with Crippen molar-refractivity contribution in [3.8, 4) is 5.75 Å². The molecule has 2 amide bonds. The molecule has 1 fully saturated rings. The summed E-state index contributed by atoms with van der Waals surface area (Å²) in [4.78, 5) is 29.1. The minimum atomic E-state index is -3.54. The summed E-state index contributed by atoms with van der Waals surface area (Å²) in [5.41, 5.74) is 4.00. The highest BCUT2D eigenvalue weighted by Gasteiger charge is 2.44. The van der Waals surface area contributed by atoms with E-state index in [9.17, 15) is 13.8 Å². The standard InChI is InChI=1S/C37H44ClN5O6S/c1-42-29(15-17-39-42)22-48-36(45)41-50(46)18-5-3-4-8-33(47-2)30-12-9-27(30)21-43-23-37(16-6-7-25-19-28(38)11-13-31(25)37)24-49-34-14-10-26(20-32(34)43)35(44)40-50/h4,8,10-11,13-15,17,19-20,27,30,33H,3,5-7,9,12,16,18,21-24H2,1-2H3,(H,40,41,44,45,46)/b8-4-/t27-,30+,33-,37-,50?/m0/s1. The number of anilines is 1. The van der Waals surface area contributed by atoms with Gasteiger partial charge in [0.1, 0.15) is 22.3 Å². The first-order valence-electron chi connectivity index (χ1n) is 17.4. The van der Waals surface area contributed by atoms with E-state index in [0.29, 0.717) is 49.3 Å². The maximum absolute atomic E-state index is 14.2. The van der Waals surface area contributed by atoms with Crippen LogP contribution in [0.4, 0.5) is 10.5 Å². The highest BCUT2D eigenvalue weighted by molar-refractivity contribution is 7.92. The molecule has 2 aliphatic carbocycles. The van der Waals surface area contributed by atoms with Crippen LogP contribution in [-0.4, -0.2) is 64.7 Å². The van der Waals surface area contributed by atoms with Crippen LogP contribution in [0, 0.1) is 11.8 Å². The van der Waals surface area contributed by atoms with Crippen LogP contribution in [0.25, 0.3) is 0 Å². The summed E-state index contributed by atoms with van der Waals surface area (Å²) in [6.45, 7) is 1.91. The maximum Gasteiger partial charge on any atom is 0.420 e. The van der Waals surface area contributed by atoms with Gasteiger partial charge in [-0.15, -0.1) is 4.36 Å². The fraction of sp³-hybridized carbons (Fsp3) is 0.486.